The molecule has 106 valence electrons. The Morgan fingerprint density at radius 1 is 1.44 bits per heavy atom. The number of amides is 2. The molecule has 1 unspecified atom stereocenters. The van der Waals surface area contributed by atoms with Gasteiger partial charge in [-0.05, 0) is 32.7 Å². The quantitative estimate of drug-likeness (QED) is 0.740. The van der Waals surface area contributed by atoms with E-state index in [0.717, 1.165) is 45.9 Å². The fraction of sp³-hybridized carbons (Fsp3) is 0.923. The topological polar surface area (TPSA) is 44.8 Å². The number of ether oxygens (including phenoxy) is 1. The van der Waals surface area contributed by atoms with Crippen molar-refractivity contribution in [3.8, 4) is 0 Å². The van der Waals surface area contributed by atoms with Gasteiger partial charge in [-0.25, -0.2) is 4.79 Å². The third kappa shape index (κ3) is 4.82. The molecule has 1 saturated heterocycles. The molecule has 1 fully saturated rings. The lowest BCUT2D eigenvalue weighted by Crippen LogP contribution is -2.42. The highest BCUT2D eigenvalue weighted by molar-refractivity contribution is 5.74. The number of urea groups is 1. The second kappa shape index (κ2) is 8.32. The van der Waals surface area contributed by atoms with E-state index in [0.29, 0.717) is 5.92 Å². The number of hydrogen-bond acceptors (Lipinski definition) is 3. The number of likely N-dealkylation sites (tertiary alicyclic amines) is 1. The molecule has 5 nitrogen and oxygen atoms in total. The number of rotatable bonds is 7. The van der Waals surface area contributed by atoms with Gasteiger partial charge in [0.2, 0.25) is 0 Å². The summed E-state index contributed by atoms with van der Waals surface area (Å²) in [5, 5.41) is 3.03. The summed E-state index contributed by atoms with van der Waals surface area (Å²) >= 11 is 0. The molecule has 18 heavy (non-hydrogen) atoms. The Morgan fingerprint density at radius 3 is 2.78 bits per heavy atom. The normalized spacial score (nSPS) is 20.1. The molecule has 1 rings (SSSR count). The van der Waals surface area contributed by atoms with E-state index in [4.69, 9.17) is 4.74 Å². The molecule has 1 aliphatic heterocycles. The average Bonchev–Trinajstić information content (AvgIpc) is 2.83. The molecule has 1 atom stereocenters. The van der Waals surface area contributed by atoms with Gasteiger partial charge in [-0.2, -0.15) is 0 Å². The fourth-order valence-corrected chi connectivity index (χ4v) is 2.36. The summed E-state index contributed by atoms with van der Waals surface area (Å²) in [5.74, 6) is 0.585. The highest BCUT2D eigenvalue weighted by atomic mass is 16.5. The lowest BCUT2D eigenvalue weighted by Gasteiger charge is -2.21. The van der Waals surface area contributed by atoms with E-state index < -0.39 is 0 Å². The first kappa shape index (κ1) is 15.2. The van der Waals surface area contributed by atoms with Crippen LogP contribution < -0.4 is 5.32 Å². The van der Waals surface area contributed by atoms with Crippen molar-refractivity contribution in [1.82, 2.24) is 15.1 Å². The van der Waals surface area contributed by atoms with Crippen molar-refractivity contribution in [2.45, 2.75) is 20.3 Å². The Labute approximate surface area is 110 Å². The van der Waals surface area contributed by atoms with E-state index in [1.807, 2.05) is 18.7 Å². The average molecular weight is 257 g/mol. The van der Waals surface area contributed by atoms with Gasteiger partial charge >= 0.3 is 6.03 Å². The largest absolute Gasteiger partial charge is 0.383 e. The van der Waals surface area contributed by atoms with E-state index in [2.05, 4.69) is 10.2 Å². The molecule has 1 N–H and O–H groups in total. The molecular formula is C13H27N3O2. The first-order valence-corrected chi connectivity index (χ1v) is 6.95. The van der Waals surface area contributed by atoms with Crippen LogP contribution in [0.15, 0.2) is 0 Å². The molecule has 1 aliphatic rings. The van der Waals surface area contributed by atoms with E-state index in [9.17, 15) is 4.79 Å². The number of methoxy groups -OCH3 is 1. The van der Waals surface area contributed by atoms with Crippen LogP contribution in [0.4, 0.5) is 4.79 Å². The smallest absolute Gasteiger partial charge is 0.317 e. The van der Waals surface area contributed by atoms with Gasteiger partial charge in [0.25, 0.3) is 0 Å². The van der Waals surface area contributed by atoms with E-state index in [1.165, 1.54) is 6.42 Å². The van der Waals surface area contributed by atoms with Crippen LogP contribution in [0.1, 0.15) is 20.3 Å². The first-order chi connectivity index (χ1) is 8.71. The van der Waals surface area contributed by atoms with Crippen molar-refractivity contribution in [3.63, 3.8) is 0 Å². The predicted octanol–water partition coefficient (Wildman–Crippen LogP) is 1.01. The molecule has 0 aromatic rings. The molecule has 5 heteroatoms. The van der Waals surface area contributed by atoms with E-state index >= 15 is 0 Å². The number of carbonyl (C=O) groups excluding carboxylic acids is 1. The summed E-state index contributed by atoms with van der Waals surface area (Å²) in [4.78, 5) is 16.0. The van der Waals surface area contributed by atoms with Crippen LogP contribution >= 0.6 is 0 Å². The zero-order valence-electron chi connectivity index (χ0n) is 11.9. The predicted molar refractivity (Wildman–Crippen MR) is 72.7 cm³/mol. The summed E-state index contributed by atoms with van der Waals surface area (Å²) in [6, 6.07) is 0.0651. The Morgan fingerprint density at radius 2 is 2.17 bits per heavy atom. The number of carbonyl (C=O) groups is 1. The highest BCUT2D eigenvalue weighted by Gasteiger charge is 2.22. The van der Waals surface area contributed by atoms with Gasteiger partial charge in [0, 0.05) is 39.8 Å². The summed E-state index contributed by atoms with van der Waals surface area (Å²) in [7, 11) is 1.73. The molecular weight excluding hydrogens is 230 g/mol. The molecule has 0 saturated carbocycles. The summed E-state index contributed by atoms with van der Waals surface area (Å²) in [6.45, 7) is 10.3. The van der Waals surface area contributed by atoms with E-state index in [1.54, 1.807) is 7.11 Å². The molecule has 0 aromatic carbocycles. The van der Waals surface area contributed by atoms with Gasteiger partial charge in [-0.15, -0.1) is 0 Å². The monoisotopic (exact) mass is 257 g/mol. The van der Waals surface area contributed by atoms with Crippen LogP contribution in [-0.2, 0) is 4.74 Å². The molecule has 0 spiro atoms. The van der Waals surface area contributed by atoms with E-state index in [-0.39, 0.29) is 6.03 Å². The van der Waals surface area contributed by atoms with Gasteiger partial charge in [0.15, 0.2) is 0 Å². The highest BCUT2D eigenvalue weighted by Crippen LogP contribution is 2.14. The van der Waals surface area contributed by atoms with Crippen LogP contribution in [0, 0.1) is 5.92 Å². The molecule has 0 radical (unpaired) electrons. The minimum atomic E-state index is 0.0651. The molecule has 0 aliphatic carbocycles. The lowest BCUT2D eigenvalue weighted by molar-refractivity contribution is 0.158. The van der Waals surface area contributed by atoms with Crippen molar-refractivity contribution >= 4 is 6.03 Å². The van der Waals surface area contributed by atoms with Gasteiger partial charge in [0.05, 0.1) is 6.61 Å². The minimum Gasteiger partial charge on any atom is -0.383 e. The summed E-state index contributed by atoms with van der Waals surface area (Å²) in [6.07, 6.45) is 1.17. The zero-order valence-corrected chi connectivity index (χ0v) is 11.9. The fourth-order valence-electron chi connectivity index (χ4n) is 2.36. The Balaban J connectivity index is 2.19. The molecule has 0 aromatic heterocycles. The van der Waals surface area contributed by atoms with Crippen molar-refractivity contribution in [1.29, 1.82) is 0 Å². The zero-order chi connectivity index (χ0) is 13.4. The van der Waals surface area contributed by atoms with Crippen LogP contribution in [0.5, 0.6) is 0 Å². The van der Waals surface area contributed by atoms with Crippen LogP contribution in [-0.4, -0.2) is 68.8 Å². The maximum atomic E-state index is 11.8. The number of nitrogens with zero attached hydrogens (tertiary/aromatic N) is 2. The number of nitrogens with one attached hydrogen (secondary N) is 1. The Kier molecular flexibility index (Phi) is 7.05. The lowest BCUT2D eigenvalue weighted by atomic mass is 10.1. The van der Waals surface area contributed by atoms with Gasteiger partial charge in [-0.3, -0.25) is 0 Å². The Hall–Kier alpha value is -0.810. The van der Waals surface area contributed by atoms with Crippen molar-refractivity contribution < 1.29 is 9.53 Å². The minimum absolute atomic E-state index is 0.0651. The maximum absolute atomic E-state index is 11.8. The van der Waals surface area contributed by atoms with Gasteiger partial charge < -0.3 is 19.9 Å². The van der Waals surface area contributed by atoms with Gasteiger partial charge in [0.1, 0.15) is 0 Å². The third-order valence-corrected chi connectivity index (χ3v) is 3.57. The summed E-state index contributed by atoms with van der Waals surface area (Å²) in [5.41, 5.74) is 0. The SMILES string of the molecule is CCN(CC)C(=O)NCC1CCN(CCOC)C1. The second-order valence-corrected chi connectivity index (χ2v) is 4.81. The maximum Gasteiger partial charge on any atom is 0.317 e. The standard InChI is InChI=1S/C13H27N3O2/c1-4-16(5-2)13(17)14-10-12-6-7-15(11-12)8-9-18-3/h12H,4-11H2,1-3H3,(H,14,17). The third-order valence-electron chi connectivity index (χ3n) is 3.57. The number of hydrogen-bond donors (Lipinski definition) is 1. The second-order valence-electron chi connectivity index (χ2n) is 4.81. The first-order valence-electron chi connectivity index (χ1n) is 6.95. The van der Waals surface area contributed by atoms with Crippen LogP contribution in [0.3, 0.4) is 0 Å². The van der Waals surface area contributed by atoms with Crippen LogP contribution in [0.25, 0.3) is 0 Å². The van der Waals surface area contributed by atoms with Crippen LogP contribution in [0.2, 0.25) is 0 Å². The summed E-state index contributed by atoms with van der Waals surface area (Å²) < 4.78 is 5.08. The van der Waals surface area contributed by atoms with Crippen molar-refractivity contribution in [2.24, 2.45) is 5.92 Å². The van der Waals surface area contributed by atoms with Gasteiger partial charge in [-0.1, -0.05) is 0 Å². The van der Waals surface area contributed by atoms with Crippen molar-refractivity contribution in [3.05, 3.63) is 0 Å². The van der Waals surface area contributed by atoms with Crippen molar-refractivity contribution in [2.75, 3.05) is 53.0 Å². The Bertz CT molecular complexity index is 244. The molecule has 2 amide bonds. The molecule has 1 heterocycles. The molecule has 0 bridgehead atoms.